The lowest BCUT2D eigenvalue weighted by Crippen LogP contribution is -2.53. The van der Waals surface area contributed by atoms with Gasteiger partial charge in [0.1, 0.15) is 11.9 Å². The predicted molar refractivity (Wildman–Crippen MR) is 117 cm³/mol. The molecule has 0 radical (unpaired) electrons. The van der Waals surface area contributed by atoms with Gasteiger partial charge in [-0.15, -0.1) is 0 Å². The summed E-state index contributed by atoms with van der Waals surface area (Å²) in [4.78, 5) is 13.0. The van der Waals surface area contributed by atoms with Crippen LogP contribution in [0, 0.1) is 17.1 Å². The lowest BCUT2D eigenvalue weighted by molar-refractivity contribution is -0.124. The maximum absolute atomic E-state index is 13.0. The monoisotopic (exact) mass is 408 g/mol. The Labute approximate surface area is 177 Å². The van der Waals surface area contributed by atoms with Crippen molar-refractivity contribution in [1.82, 2.24) is 0 Å². The number of carbonyl (C=O) groups excluding carboxylic acids is 1. The highest BCUT2D eigenvalue weighted by Crippen LogP contribution is 2.29. The van der Waals surface area contributed by atoms with Crippen molar-refractivity contribution in [3.05, 3.63) is 53.8 Å². The van der Waals surface area contributed by atoms with Crippen molar-refractivity contribution >= 4 is 11.6 Å². The SMILES string of the molecule is N#Cc1cc(-c2ccc(F)cc2)ccc1N1CCCC1.NC(=O)C1(N)CCCCC1. The molecule has 0 unspecified atom stereocenters. The average Bonchev–Trinajstić information content (AvgIpc) is 3.29. The van der Waals surface area contributed by atoms with Gasteiger partial charge < -0.3 is 16.4 Å². The van der Waals surface area contributed by atoms with Crippen LogP contribution in [0.5, 0.6) is 0 Å². The van der Waals surface area contributed by atoms with E-state index in [4.69, 9.17) is 11.5 Å². The fourth-order valence-corrected chi connectivity index (χ4v) is 4.11. The summed E-state index contributed by atoms with van der Waals surface area (Å²) < 4.78 is 13.0. The predicted octanol–water partition coefficient (Wildman–Crippen LogP) is 4.10. The highest BCUT2D eigenvalue weighted by atomic mass is 19.1. The maximum atomic E-state index is 13.0. The first-order chi connectivity index (χ1) is 14.4. The Bertz CT molecular complexity index is 908. The van der Waals surface area contributed by atoms with Crippen LogP contribution >= 0.6 is 0 Å². The number of primary amides is 1. The molecule has 0 bridgehead atoms. The van der Waals surface area contributed by atoms with E-state index in [2.05, 4.69) is 11.0 Å². The molecule has 1 saturated heterocycles. The standard InChI is InChI=1S/C17H15FN2.C7H14N2O/c18-16-6-3-13(4-7-16)14-5-8-17(15(11-14)12-19)20-9-1-2-10-20;8-6(10)7(9)4-2-1-3-5-7/h3-8,11H,1-2,9-10H2;1-5,9H2,(H2,8,10). The van der Waals surface area contributed by atoms with Crippen molar-refractivity contribution in [2.45, 2.75) is 50.5 Å². The van der Waals surface area contributed by atoms with Crippen molar-refractivity contribution in [3.8, 4) is 17.2 Å². The number of hydrogen-bond acceptors (Lipinski definition) is 4. The number of carbonyl (C=O) groups is 1. The molecule has 1 aliphatic carbocycles. The van der Waals surface area contributed by atoms with Crippen LogP contribution in [0.4, 0.5) is 10.1 Å². The van der Waals surface area contributed by atoms with E-state index in [0.717, 1.165) is 55.6 Å². The van der Waals surface area contributed by atoms with E-state index in [1.165, 1.54) is 31.4 Å². The minimum atomic E-state index is -0.682. The maximum Gasteiger partial charge on any atom is 0.237 e. The van der Waals surface area contributed by atoms with E-state index >= 15 is 0 Å². The Morgan fingerprint density at radius 3 is 2.10 bits per heavy atom. The van der Waals surface area contributed by atoms with E-state index < -0.39 is 5.54 Å². The van der Waals surface area contributed by atoms with E-state index in [9.17, 15) is 14.4 Å². The van der Waals surface area contributed by atoms with Crippen LogP contribution < -0.4 is 16.4 Å². The second-order valence-corrected chi connectivity index (χ2v) is 8.13. The highest BCUT2D eigenvalue weighted by Gasteiger charge is 2.32. The molecular formula is C24H29FN4O. The molecule has 2 fully saturated rings. The van der Waals surface area contributed by atoms with Gasteiger partial charge in [-0.05, 0) is 61.1 Å². The fourth-order valence-electron chi connectivity index (χ4n) is 4.11. The first-order valence-corrected chi connectivity index (χ1v) is 10.6. The smallest absolute Gasteiger partial charge is 0.237 e. The number of nitriles is 1. The Balaban J connectivity index is 0.000000216. The Morgan fingerprint density at radius 1 is 0.967 bits per heavy atom. The Hall–Kier alpha value is -2.91. The summed E-state index contributed by atoms with van der Waals surface area (Å²) in [7, 11) is 0. The number of rotatable bonds is 3. The molecule has 4 N–H and O–H groups in total. The summed E-state index contributed by atoms with van der Waals surface area (Å²) in [6, 6.07) is 14.5. The number of anilines is 1. The number of nitrogens with zero attached hydrogens (tertiary/aromatic N) is 2. The molecule has 5 nitrogen and oxygen atoms in total. The number of halogens is 1. The summed E-state index contributed by atoms with van der Waals surface area (Å²) in [5.41, 5.74) is 13.8. The second kappa shape index (κ2) is 9.73. The molecule has 0 spiro atoms. The molecule has 1 aliphatic heterocycles. The zero-order chi connectivity index (χ0) is 21.6. The molecule has 158 valence electrons. The second-order valence-electron chi connectivity index (χ2n) is 8.13. The molecule has 1 amide bonds. The summed E-state index contributed by atoms with van der Waals surface area (Å²) in [6.45, 7) is 2.04. The van der Waals surface area contributed by atoms with Gasteiger partial charge in [0.25, 0.3) is 0 Å². The van der Waals surface area contributed by atoms with Crippen LogP contribution in [0.2, 0.25) is 0 Å². The van der Waals surface area contributed by atoms with Crippen molar-refractivity contribution in [2.75, 3.05) is 18.0 Å². The lowest BCUT2D eigenvalue weighted by atomic mass is 9.82. The van der Waals surface area contributed by atoms with E-state index in [-0.39, 0.29) is 11.7 Å². The third-order valence-electron chi connectivity index (χ3n) is 5.98. The van der Waals surface area contributed by atoms with E-state index in [1.54, 1.807) is 12.1 Å². The summed E-state index contributed by atoms with van der Waals surface area (Å²) >= 11 is 0. The van der Waals surface area contributed by atoms with Gasteiger partial charge in [-0.1, -0.05) is 37.5 Å². The van der Waals surface area contributed by atoms with Crippen molar-refractivity contribution in [1.29, 1.82) is 5.26 Å². The number of nitrogens with two attached hydrogens (primary N) is 2. The van der Waals surface area contributed by atoms with Gasteiger partial charge >= 0.3 is 0 Å². The van der Waals surface area contributed by atoms with Crippen LogP contribution in [0.25, 0.3) is 11.1 Å². The zero-order valence-electron chi connectivity index (χ0n) is 17.2. The van der Waals surface area contributed by atoms with Crippen LogP contribution in [-0.4, -0.2) is 24.5 Å². The van der Waals surface area contributed by atoms with Crippen molar-refractivity contribution < 1.29 is 9.18 Å². The Kier molecular flexibility index (Phi) is 7.07. The molecule has 2 aromatic rings. The van der Waals surface area contributed by atoms with Crippen LogP contribution in [0.1, 0.15) is 50.5 Å². The first kappa shape index (κ1) is 21.8. The van der Waals surface area contributed by atoms with Crippen molar-refractivity contribution in [3.63, 3.8) is 0 Å². The highest BCUT2D eigenvalue weighted by molar-refractivity contribution is 5.84. The van der Waals surface area contributed by atoms with Gasteiger partial charge in [-0.25, -0.2) is 4.39 Å². The van der Waals surface area contributed by atoms with Crippen LogP contribution in [0.3, 0.4) is 0 Å². The quantitative estimate of drug-likeness (QED) is 0.799. The van der Waals surface area contributed by atoms with Gasteiger partial charge in [0.2, 0.25) is 5.91 Å². The normalized spacial score (nSPS) is 17.6. The van der Waals surface area contributed by atoms with Crippen LogP contribution in [0.15, 0.2) is 42.5 Å². The van der Waals surface area contributed by atoms with E-state index in [0.29, 0.717) is 5.56 Å². The fraction of sp³-hybridized carbons (Fsp3) is 0.417. The molecular weight excluding hydrogens is 379 g/mol. The summed E-state index contributed by atoms with van der Waals surface area (Å²) in [5.74, 6) is -0.588. The number of hydrogen-bond donors (Lipinski definition) is 2. The lowest BCUT2D eigenvalue weighted by Gasteiger charge is -2.29. The summed E-state index contributed by atoms with van der Waals surface area (Å²) in [6.07, 6.45) is 7.17. The minimum Gasteiger partial charge on any atom is -0.370 e. The van der Waals surface area contributed by atoms with Gasteiger partial charge in [-0.2, -0.15) is 5.26 Å². The zero-order valence-corrected chi connectivity index (χ0v) is 17.2. The largest absolute Gasteiger partial charge is 0.370 e. The third kappa shape index (κ3) is 5.17. The van der Waals surface area contributed by atoms with Gasteiger partial charge in [0.05, 0.1) is 16.8 Å². The Morgan fingerprint density at radius 2 is 1.57 bits per heavy atom. The molecule has 4 rings (SSSR count). The van der Waals surface area contributed by atoms with Gasteiger partial charge in [0.15, 0.2) is 0 Å². The van der Waals surface area contributed by atoms with Crippen molar-refractivity contribution in [2.24, 2.45) is 11.5 Å². The first-order valence-electron chi connectivity index (χ1n) is 10.6. The topological polar surface area (TPSA) is 96.1 Å². The minimum absolute atomic E-state index is 0.247. The van der Waals surface area contributed by atoms with Gasteiger partial charge in [0, 0.05) is 13.1 Å². The molecule has 2 aromatic carbocycles. The molecule has 6 heteroatoms. The number of benzene rings is 2. The molecule has 0 aromatic heterocycles. The molecule has 30 heavy (non-hydrogen) atoms. The van der Waals surface area contributed by atoms with Crippen LogP contribution in [-0.2, 0) is 4.79 Å². The summed E-state index contributed by atoms with van der Waals surface area (Å²) in [5, 5.41) is 9.36. The third-order valence-corrected chi connectivity index (χ3v) is 5.98. The van der Waals surface area contributed by atoms with Gasteiger partial charge in [-0.3, -0.25) is 4.79 Å². The average molecular weight is 409 g/mol. The molecule has 1 saturated carbocycles. The van der Waals surface area contributed by atoms with E-state index in [1.807, 2.05) is 18.2 Å². The molecule has 0 atom stereocenters. The molecule has 2 aliphatic rings. The molecule has 1 heterocycles. The number of amides is 1.